The maximum atomic E-state index is 5.64. The lowest BCUT2D eigenvalue weighted by Crippen LogP contribution is -2.29. The molecule has 1 heterocycles. The summed E-state index contributed by atoms with van der Waals surface area (Å²) in [5, 5.41) is 0. The molecule has 0 aliphatic heterocycles. The van der Waals surface area contributed by atoms with Gasteiger partial charge < -0.3 is 4.42 Å². The average Bonchev–Trinajstić information content (AvgIpc) is 2.82. The molecular formula is C16H21BrN2O. The van der Waals surface area contributed by atoms with E-state index in [0.717, 1.165) is 16.9 Å². The summed E-state index contributed by atoms with van der Waals surface area (Å²) in [6.07, 6.45) is 0.793. The minimum Gasteiger partial charge on any atom is -0.453 e. The Kier molecular flexibility index (Phi) is 4.68. The van der Waals surface area contributed by atoms with Gasteiger partial charge in [0, 0.05) is 0 Å². The third kappa shape index (κ3) is 3.72. The van der Waals surface area contributed by atoms with Crippen molar-refractivity contribution in [3.63, 3.8) is 0 Å². The second-order valence-electron chi connectivity index (χ2n) is 6.01. The molecule has 1 aromatic heterocycles. The molecule has 0 aliphatic rings. The lowest BCUT2D eigenvalue weighted by atomic mass is 9.86. The predicted octanol–water partition coefficient (Wildman–Crippen LogP) is 4.09. The second-order valence-corrected chi connectivity index (χ2v) is 6.79. The van der Waals surface area contributed by atoms with Crippen LogP contribution in [0.1, 0.15) is 43.7 Å². The molecule has 2 aromatic rings. The van der Waals surface area contributed by atoms with E-state index in [1.165, 1.54) is 11.1 Å². The fourth-order valence-corrected chi connectivity index (χ4v) is 2.45. The van der Waals surface area contributed by atoms with Gasteiger partial charge in [-0.05, 0) is 51.0 Å². The summed E-state index contributed by atoms with van der Waals surface area (Å²) >= 11 is 3.31. The van der Waals surface area contributed by atoms with Crippen molar-refractivity contribution in [2.45, 2.75) is 38.6 Å². The molecule has 0 bridgehead atoms. The summed E-state index contributed by atoms with van der Waals surface area (Å²) < 4.78 is 6.28. The van der Waals surface area contributed by atoms with Gasteiger partial charge in [0.2, 0.25) is 0 Å². The van der Waals surface area contributed by atoms with Crippen LogP contribution in [-0.2, 0) is 11.8 Å². The van der Waals surface area contributed by atoms with Gasteiger partial charge in [-0.1, -0.05) is 45.0 Å². The molecule has 1 atom stereocenters. The molecule has 1 unspecified atom stereocenters. The van der Waals surface area contributed by atoms with Crippen LogP contribution < -0.4 is 11.3 Å². The zero-order valence-corrected chi connectivity index (χ0v) is 13.7. The van der Waals surface area contributed by atoms with E-state index >= 15 is 0 Å². The molecule has 20 heavy (non-hydrogen) atoms. The highest BCUT2D eigenvalue weighted by atomic mass is 79.9. The van der Waals surface area contributed by atoms with Gasteiger partial charge in [-0.2, -0.15) is 0 Å². The van der Waals surface area contributed by atoms with E-state index in [1.54, 1.807) is 0 Å². The van der Waals surface area contributed by atoms with Crippen LogP contribution in [-0.4, -0.2) is 0 Å². The fraction of sp³-hybridized carbons (Fsp3) is 0.375. The Balaban J connectivity index is 2.12. The van der Waals surface area contributed by atoms with Gasteiger partial charge in [0.1, 0.15) is 5.76 Å². The van der Waals surface area contributed by atoms with Crippen LogP contribution in [0.4, 0.5) is 0 Å². The van der Waals surface area contributed by atoms with E-state index in [0.29, 0.717) is 0 Å². The zero-order valence-electron chi connectivity index (χ0n) is 12.1. The molecule has 1 aromatic carbocycles. The first-order chi connectivity index (χ1) is 9.40. The van der Waals surface area contributed by atoms with Crippen LogP contribution in [0, 0.1) is 0 Å². The van der Waals surface area contributed by atoms with Crippen molar-refractivity contribution < 1.29 is 4.42 Å². The summed E-state index contributed by atoms with van der Waals surface area (Å²) in [5.74, 6) is 6.47. The largest absolute Gasteiger partial charge is 0.453 e. The number of halogens is 1. The quantitative estimate of drug-likeness (QED) is 0.653. The Bertz CT molecular complexity index is 555. The lowest BCUT2D eigenvalue weighted by Gasteiger charge is -2.20. The lowest BCUT2D eigenvalue weighted by molar-refractivity contribution is 0.404. The van der Waals surface area contributed by atoms with E-state index < -0.39 is 0 Å². The van der Waals surface area contributed by atoms with Crippen LogP contribution in [0.3, 0.4) is 0 Å². The summed E-state index contributed by atoms with van der Waals surface area (Å²) in [5.41, 5.74) is 5.55. The van der Waals surface area contributed by atoms with Gasteiger partial charge in [0.25, 0.3) is 0 Å². The van der Waals surface area contributed by atoms with Gasteiger partial charge in [-0.25, -0.2) is 5.43 Å². The molecule has 0 aliphatic carbocycles. The highest BCUT2D eigenvalue weighted by Crippen LogP contribution is 2.25. The molecule has 2 rings (SSSR count). The third-order valence-corrected chi connectivity index (χ3v) is 3.82. The minimum atomic E-state index is -0.0261. The van der Waals surface area contributed by atoms with Gasteiger partial charge in [0.15, 0.2) is 4.67 Å². The highest BCUT2D eigenvalue weighted by Gasteiger charge is 2.16. The smallest absolute Gasteiger partial charge is 0.169 e. The van der Waals surface area contributed by atoms with Crippen molar-refractivity contribution in [2.24, 2.45) is 5.84 Å². The Hall–Kier alpha value is -1.10. The van der Waals surface area contributed by atoms with E-state index in [2.05, 4.69) is 66.4 Å². The standard InChI is InChI=1S/C16H21BrN2O/c1-16(2,3)12-6-4-11(5-7-12)10-13(19-18)14-8-9-15(17)20-14/h4-9,13,19H,10,18H2,1-3H3. The first-order valence-electron chi connectivity index (χ1n) is 6.71. The number of benzene rings is 1. The van der Waals surface area contributed by atoms with E-state index in [9.17, 15) is 0 Å². The predicted molar refractivity (Wildman–Crippen MR) is 85.3 cm³/mol. The van der Waals surface area contributed by atoms with Crippen molar-refractivity contribution in [1.29, 1.82) is 0 Å². The van der Waals surface area contributed by atoms with Crippen molar-refractivity contribution in [2.75, 3.05) is 0 Å². The zero-order chi connectivity index (χ0) is 14.8. The van der Waals surface area contributed by atoms with Gasteiger partial charge in [-0.3, -0.25) is 5.84 Å². The van der Waals surface area contributed by atoms with Gasteiger partial charge in [0.05, 0.1) is 6.04 Å². The number of hydrazine groups is 1. The molecule has 108 valence electrons. The van der Waals surface area contributed by atoms with Crippen LogP contribution in [0.15, 0.2) is 45.5 Å². The molecule has 0 amide bonds. The molecule has 4 heteroatoms. The molecule has 0 spiro atoms. The van der Waals surface area contributed by atoms with Crippen LogP contribution in [0.5, 0.6) is 0 Å². The summed E-state index contributed by atoms with van der Waals surface area (Å²) in [6, 6.07) is 12.5. The molecule has 3 nitrogen and oxygen atoms in total. The van der Waals surface area contributed by atoms with Gasteiger partial charge in [-0.15, -0.1) is 0 Å². The summed E-state index contributed by atoms with van der Waals surface area (Å²) in [6.45, 7) is 6.64. The number of nitrogens with two attached hydrogens (primary N) is 1. The Morgan fingerprint density at radius 1 is 1.15 bits per heavy atom. The van der Waals surface area contributed by atoms with E-state index in [4.69, 9.17) is 10.3 Å². The summed E-state index contributed by atoms with van der Waals surface area (Å²) in [7, 11) is 0. The Labute approximate surface area is 128 Å². The molecule has 0 fully saturated rings. The second kappa shape index (κ2) is 6.12. The van der Waals surface area contributed by atoms with E-state index in [1.807, 2.05) is 12.1 Å². The highest BCUT2D eigenvalue weighted by molar-refractivity contribution is 9.10. The number of furan rings is 1. The number of rotatable bonds is 4. The van der Waals surface area contributed by atoms with Crippen molar-refractivity contribution >= 4 is 15.9 Å². The topological polar surface area (TPSA) is 51.2 Å². The van der Waals surface area contributed by atoms with Gasteiger partial charge >= 0.3 is 0 Å². The Morgan fingerprint density at radius 2 is 1.80 bits per heavy atom. The molecule has 0 saturated carbocycles. The Morgan fingerprint density at radius 3 is 2.25 bits per heavy atom. The minimum absolute atomic E-state index is 0.0261. The van der Waals surface area contributed by atoms with E-state index in [-0.39, 0.29) is 11.5 Å². The van der Waals surface area contributed by atoms with Crippen molar-refractivity contribution in [3.05, 3.63) is 58.0 Å². The third-order valence-electron chi connectivity index (χ3n) is 3.40. The number of hydrogen-bond donors (Lipinski definition) is 2. The molecular weight excluding hydrogens is 316 g/mol. The van der Waals surface area contributed by atoms with Crippen LogP contribution in [0.25, 0.3) is 0 Å². The summed E-state index contributed by atoms with van der Waals surface area (Å²) in [4.78, 5) is 0. The first kappa shape index (κ1) is 15.3. The van der Waals surface area contributed by atoms with Crippen molar-refractivity contribution in [1.82, 2.24) is 5.43 Å². The normalized spacial score (nSPS) is 13.4. The first-order valence-corrected chi connectivity index (χ1v) is 7.50. The monoisotopic (exact) mass is 336 g/mol. The molecule has 0 saturated heterocycles. The maximum Gasteiger partial charge on any atom is 0.169 e. The molecule has 3 N–H and O–H groups in total. The maximum absolute atomic E-state index is 5.64. The fourth-order valence-electron chi connectivity index (χ4n) is 2.13. The SMILES string of the molecule is CC(C)(C)c1ccc(CC(NN)c2ccc(Br)o2)cc1. The number of nitrogens with one attached hydrogen (secondary N) is 1. The molecule has 0 radical (unpaired) electrons. The average molecular weight is 337 g/mol. The van der Waals surface area contributed by atoms with Crippen molar-refractivity contribution in [3.8, 4) is 0 Å². The van der Waals surface area contributed by atoms with Crippen LogP contribution in [0.2, 0.25) is 0 Å². The van der Waals surface area contributed by atoms with Crippen LogP contribution >= 0.6 is 15.9 Å². The number of hydrogen-bond acceptors (Lipinski definition) is 3.